The molecule has 0 amide bonds. The number of hydrogen-bond donors (Lipinski definition) is 1. The highest BCUT2D eigenvalue weighted by Crippen LogP contribution is 2.34. The van der Waals surface area contributed by atoms with E-state index in [1.54, 1.807) is 0 Å². The molecule has 0 aliphatic heterocycles. The van der Waals surface area contributed by atoms with E-state index in [-0.39, 0.29) is 5.69 Å². The van der Waals surface area contributed by atoms with Gasteiger partial charge in [0.1, 0.15) is 5.15 Å². The number of benzene rings is 1. The smallest absolute Gasteiger partial charge is 0.200 e. The Morgan fingerprint density at radius 1 is 0.900 bits per heavy atom. The molecule has 0 saturated carbocycles. The fourth-order valence-corrected chi connectivity index (χ4v) is 1.85. The van der Waals surface area contributed by atoms with Gasteiger partial charge >= 0.3 is 0 Å². The highest BCUT2D eigenvalue weighted by atomic mass is 35.5. The van der Waals surface area contributed by atoms with Crippen molar-refractivity contribution in [3.8, 4) is 11.1 Å². The predicted molar refractivity (Wildman–Crippen MR) is 60.4 cm³/mol. The topological polar surface area (TPSA) is 33.1 Å². The third-order valence-electron chi connectivity index (χ3n) is 2.55. The molecule has 0 bridgehead atoms. The molecule has 0 atom stereocenters. The van der Waals surface area contributed by atoms with E-state index in [4.69, 9.17) is 16.7 Å². The molecule has 0 spiro atoms. The first-order valence-corrected chi connectivity index (χ1v) is 5.54. The normalized spacial score (nSPS) is 10.9. The summed E-state index contributed by atoms with van der Waals surface area (Å²) in [5.41, 5.74) is -1.54. The average Bonchev–Trinajstić information content (AvgIpc) is 2.44. The van der Waals surface area contributed by atoms with Crippen molar-refractivity contribution < 1.29 is 27.1 Å². The first kappa shape index (κ1) is 14.7. The molecular weight excluding hydrogens is 305 g/mol. The zero-order valence-electron chi connectivity index (χ0n) is 9.52. The lowest BCUT2D eigenvalue weighted by Crippen LogP contribution is -2.05. The molecule has 20 heavy (non-hydrogen) atoms. The van der Waals surface area contributed by atoms with Crippen LogP contribution in [0.2, 0.25) is 5.15 Å². The highest BCUT2D eigenvalue weighted by Gasteiger charge is 2.27. The van der Waals surface area contributed by atoms with Gasteiger partial charge in [0.15, 0.2) is 23.3 Å². The second-order valence-corrected chi connectivity index (χ2v) is 4.10. The van der Waals surface area contributed by atoms with Crippen LogP contribution in [0.3, 0.4) is 0 Å². The number of rotatable bonds is 2. The van der Waals surface area contributed by atoms with Crippen LogP contribution in [0.25, 0.3) is 11.1 Å². The van der Waals surface area contributed by atoms with E-state index in [2.05, 4.69) is 4.98 Å². The van der Waals surface area contributed by atoms with Gasteiger partial charge in [-0.2, -0.15) is 0 Å². The van der Waals surface area contributed by atoms with Crippen LogP contribution in [0.4, 0.5) is 22.0 Å². The van der Waals surface area contributed by atoms with E-state index in [0.29, 0.717) is 0 Å². The molecule has 0 aliphatic rings. The van der Waals surface area contributed by atoms with Gasteiger partial charge in [0.2, 0.25) is 5.82 Å². The van der Waals surface area contributed by atoms with Gasteiger partial charge in [0.05, 0.1) is 17.9 Å². The minimum Gasteiger partial charge on any atom is -0.390 e. The maximum absolute atomic E-state index is 13.6. The highest BCUT2D eigenvalue weighted by molar-refractivity contribution is 6.32. The standard InChI is InChI=1S/C12H5ClF5NO/c13-12-5(2-1-4(3-20)19-12)6-7(14)9(16)11(18)10(17)8(6)15/h1-2,20H,3H2. The van der Waals surface area contributed by atoms with Crippen molar-refractivity contribution in [2.75, 3.05) is 0 Å². The van der Waals surface area contributed by atoms with Crippen molar-refractivity contribution in [1.29, 1.82) is 0 Å². The second-order valence-electron chi connectivity index (χ2n) is 3.74. The first-order valence-electron chi connectivity index (χ1n) is 5.16. The van der Waals surface area contributed by atoms with Gasteiger partial charge in [0.25, 0.3) is 0 Å². The van der Waals surface area contributed by atoms with Crippen molar-refractivity contribution in [3.05, 3.63) is 52.1 Å². The molecule has 1 aromatic carbocycles. The Bertz CT molecular complexity index is 663. The molecule has 1 aromatic heterocycles. The Labute approximate surface area is 114 Å². The molecule has 0 radical (unpaired) electrons. The minimum atomic E-state index is -2.25. The quantitative estimate of drug-likeness (QED) is 0.398. The van der Waals surface area contributed by atoms with E-state index in [1.165, 1.54) is 0 Å². The number of aromatic nitrogens is 1. The van der Waals surface area contributed by atoms with Crippen molar-refractivity contribution in [3.63, 3.8) is 0 Å². The number of aliphatic hydroxyl groups is 1. The summed E-state index contributed by atoms with van der Waals surface area (Å²) in [5.74, 6) is -10.4. The Kier molecular flexibility index (Phi) is 3.92. The molecule has 2 rings (SSSR count). The summed E-state index contributed by atoms with van der Waals surface area (Å²) in [5, 5.41) is 8.33. The third kappa shape index (κ3) is 2.23. The van der Waals surface area contributed by atoms with E-state index < -0.39 is 52.0 Å². The van der Waals surface area contributed by atoms with Crippen molar-refractivity contribution in [2.45, 2.75) is 6.61 Å². The summed E-state index contributed by atoms with van der Waals surface area (Å²) in [4.78, 5) is 3.58. The van der Waals surface area contributed by atoms with Gasteiger partial charge in [-0.25, -0.2) is 26.9 Å². The van der Waals surface area contributed by atoms with Crippen LogP contribution in [-0.4, -0.2) is 10.1 Å². The van der Waals surface area contributed by atoms with Crippen LogP contribution >= 0.6 is 11.6 Å². The van der Waals surface area contributed by atoms with Crippen LogP contribution in [-0.2, 0) is 6.61 Å². The SMILES string of the molecule is OCc1ccc(-c2c(F)c(F)c(F)c(F)c2F)c(Cl)n1. The minimum absolute atomic E-state index is 0.0858. The van der Waals surface area contributed by atoms with E-state index in [0.717, 1.165) is 12.1 Å². The van der Waals surface area contributed by atoms with Gasteiger partial charge in [-0.15, -0.1) is 0 Å². The van der Waals surface area contributed by atoms with Crippen molar-refractivity contribution in [1.82, 2.24) is 4.98 Å². The van der Waals surface area contributed by atoms with Crippen molar-refractivity contribution in [2.24, 2.45) is 0 Å². The molecule has 0 saturated heterocycles. The predicted octanol–water partition coefficient (Wildman–Crippen LogP) is 3.59. The molecule has 0 fully saturated rings. The number of nitrogens with zero attached hydrogens (tertiary/aromatic N) is 1. The molecule has 106 valence electrons. The Hall–Kier alpha value is -1.73. The fraction of sp³-hybridized carbons (Fsp3) is 0.0833. The van der Waals surface area contributed by atoms with Gasteiger partial charge in [-0.1, -0.05) is 11.6 Å². The number of hydrogen-bond acceptors (Lipinski definition) is 2. The van der Waals surface area contributed by atoms with Crippen LogP contribution < -0.4 is 0 Å². The van der Waals surface area contributed by atoms with Crippen LogP contribution in [0, 0.1) is 29.1 Å². The maximum atomic E-state index is 13.6. The van der Waals surface area contributed by atoms with E-state index in [1.807, 2.05) is 0 Å². The molecule has 8 heteroatoms. The molecular formula is C12H5ClF5NO. The van der Waals surface area contributed by atoms with Crippen LogP contribution in [0.15, 0.2) is 12.1 Å². The zero-order valence-corrected chi connectivity index (χ0v) is 10.3. The summed E-state index contributed by atoms with van der Waals surface area (Å²) in [6.07, 6.45) is 0. The first-order chi connectivity index (χ1) is 9.38. The zero-order chi connectivity index (χ0) is 15.0. The molecule has 2 nitrogen and oxygen atoms in total. The largest absolute Gasteiger partial charge is 0.390 e. The summed E-state index contributed by atoms with van der Waals surface area (Å²) >= 11 is 5.64. The number of aliphatic hydroxyl groups excluding tert-OH is 1. The number of pyridine rings is 1. The Balaban J connectivity index is 2.76. The lowest BCUT2D eigenvalue weighted by atomic mass is 10.0. The summed E-state index contributed by atoms with van der Waals surface area (Å²) in [6, 6.07) is 2.17. The lowest BCUT2D eigenvalue weighted by molar-refractivity contribution is 0.277. The summed E-state index contributed by atoms with van der Waals surface area (Å²) in [6.45, 7) is -0.489. The summed E-state index contributed by atoms with van der Waals surface area (Å²) < 4.78 is 66.3. The van der Waals surface area contributed by atoms with Gasteiger partial charge in [-0.3, -0.25) is 0 Å². The van der Waals surface area contributed by atoms with Crippen LogP contribution in [0.1, 0.15) is 5.69 Å². The van der Waals surface area contributed by atoms with Crippen LogP contribution in [0.5, 0.6) is 0 Å². The third-order valence-corrected chi connectivity index (χ3v) is 2.84. The average molecular weight is 310 g/mol. The maximum Gasteiger partial charge on any atom is 0.200 e. The van der Waals surface area contributed by atoms with Gasteiger partial charge in [-0.05, 0) is 12.1 Å². The number of halogens is 6. The summed E-state index contributed by atoms with van der Waals surface area (Å²) in [7, 11) is 0. The molecule has 1 heterocycles. The Morgan fingerprint density at radius 2 is 1.40 bits per heavy atom. The van der Waals surface area contributed by atoms with Crippen molar-refractivity contribution >= 4 is 11.6 Å². The van der Waals surface area contributed by atoms with E-state index >= 15 is 0 Å². The molecule has 1 N–H and O–H groups in total. The fourth-order valence-electron chi connectivity index (χ4n) is 1.59. The molecule has 0 unspecified atom stereocenters. The monoisotopic (exact) mass is 309 g/mol. The lowest BCUT2D eigenvalue weighted by Gasteiger charge is -2.10. The molecule has 0 aliphatic carbocycles. The van der Waals surface area contributed by atoms with Gasteiger partial charge in [0, 0.05) is 5.56 Å². The Morgan fingerprint density at radius 3 is 1.85 bits per heavy atom. The van der Waals surface area contributed by atoms with E-state index in [9.17, 15) is 22.0 Å². The van der Waals surface area contributed by atoms with Gasteiger partial charge < -0.3 is 5.11 Å². The second kappa shape index (κ2) is 5.34. The molecule has 2 aromatic rings.